The van der Waals surface area contributed by atoms with Crippen molar-refractivity contribution in [2.75, 3.05) is 46.1 Å². The van der Waals surface area contributed by atoms with Crippen molar-refractivity contribution in [1.82, 2.24) is 25.1 Å². The van der Waals surface area contributed by atoms with Crippen LogP contribution in [0.5, 0.6) is 5.88 Å². The van der Waals surface area contributed by atoms with E-state index in [0.717, 1.165) is 68.6 Å². The van der Waals surface area contributed by atoms with Gasteiger partial charge in [-0.1, -0.05) is 42.5 Å². The summed E-state index contributed by atoms with van der Waals surface area (Å²) in [6.07, 6.45) is 8.41. The minimum Gasteiger partial charge on any atom is -0.481 e. The lowest BCUT2D eigenvalue weighted by molar-refractivity contribution is 0.0272. The van der Waals surface area contributed by atoms with Crippen molar-refractivity contribution in [3.8, 4) is 28.1 Å². The summed E-state index contributed by atoms with van der Waals surface area (Å²) >= 11 is 0. The van der Waals surface area contributed by atoms with Crippen LogP contribution in [0.4, 0.5) is 5.82 Å². The summed E-state index contributed by atoms with van der Waals surface area (Å²) < 4.78 is 11.5. The largest absolute Gasteiger partial charge is 0.481 e. The number of hydrogen-bond acceptors (Lipinski definition) is 8. The third-order valence-corrected chi connectivity index (χ3v) is 10.1. The van der Waals surface area contributed by atoms with Gasteiger partial charge in [0.25, 0.3) is 5.91 Å². The van der Waals surface area contributed by atoms with Crippen molar-refractivity contribution >= 4 is 11.7 Å². The Morgan fingerprint density at radius 1 is 0.894 bits per heavy atom. The summed E-state index contributed by atoms with van der Waals surface area (Å²) in [6.45, 7) is 5.12. The second-order valence-corrected chi connectivity index (χ2v) is 13.1. The molecule has 1 saturated carbocycles. The van der Waals surface area contributed by atoms with Crippen LogP contribution in [-0.4, -0.2) is 78.2 Å². The van der Waals surface area contributed by atoms with Gasteiger partial charge in [-0.2, -0.15) is 0 Å². The van der Waals surface area contributed by atoms with Crippen molar-refractivity contribution in [2.24, 2.45) is 0 Å². The van der Waals surface area contributed by atoms with Crippen LogP contribution in [-0.2, 0) is 17.8 Å². The van der Waals surface area contributed by atoms with Crippen LogP contribution in [0.2, 0.25) is 0 Å². The van der Waals surface area contributed by atoms with Gasteiger partial charge in [0, 0.05) is 61.8 Å². The van der Waals surface area contributed by atoms with Crippen molar-refractivity contribution in [3.05, 3.63) is 95.3 Å². The number of methoxy groups -OCH3 is 1. The van der Waals surface area contributed by atoms with Crippen molar-refractivity contribution in [2.45, 2.75) is 56.9 Å². The van der Waals surface area contributed by atoms with Gasteiger partial charge in [-0.05, 0) is 79.1 Å². The summed E-state index contributed by atoms with van der Waals surface area (Å²) in [5, 5.41) is 3.17. The number of hydrogen-bond donors (Lipinski definition) is 2. The highest BCUT2D eigenvalue weighted by Gasteiger charge is 2.31. The normalized spacial score (nSPS) is 21.4. The Hall–Kier alpha value is -4.31. The van der Waals surface area contributed by atoms with E-state index in [9.17, 15) is 4.79 Å². The van der Waals surface area contributed by atoms with Crippen LogP contribution in [0, 0.1) is 0 Å². The van der Waals surface area contributed by atoms with E-state index in [1.165, 1.54) is 28.7 Å². The number of carbonyl (C=O) groups excluding carboxylic acids is 1. The number of likely N-dealkylation sites (N-methyl/N-ethyl adjacent to an activating group) is 1. The van der Waals surface area contributed by atoms with Gasteiger partial charge >= 0.3 is 0 Å². The Morgan fingerprint density at radius 3 is 2.43 bits per heavy atom. The summed E-state index contributed by atoms with van der Waals surface area (Å²) in [5.74, 6) is 0.473. The van der Waals surface area contributed by atoms with Gasteiger partial charge < -0.3 is 25.4 Å². The highest BCUT2D eigenvalue weighted by molar-refractivity contribution is 5.99. The minimum absolute atomic E-state index is 0.0632. The van der Waals surface area contributed by atoms with Crippen LogP contribution < -0.4 is 15.8 Å². The van der Waals surface area contributed by atoms with Gasteiger partial charge in [-0.15, -0.1) is 0 Å². The van der Waals surface area contributed by atoms with E-state index in [-0.39, 0.29) is 23.9 Å². The zero-order chi connectivity index (χ0) is 32.3. The number of nitrogens with two attached hydrogens (primary N) is 1. The maximum Gasteiger partial charge on any atom is 0.255 e. The predicted molar refractivity (Wildman–Crippen MR) is 184 cm³/mol. The topological polar surface area (TPSA) is 106 Å². The molecular weight excluding hydrogens is 588 g/mol. The fraction of sp³-hybridized carbons (Fsp3) is 0.395. The minimum atomic E-state index is -0.243. The van der Waals surface area contributed by atoms with Gasteiger partial charge in [0.15, 0.2) is 0 Å². The lowest BCUT2D eigenvalue weighted by Gasteiger charge is -2.36. The molecule has 2 fully saturated rings. The molecule has 1 amide bonds. The maximum absolute atomic E-state index is 13.4. The van der Waals surface area contributed by atoms with E-state index in [4.69, 9.17) is 15.2 Å². The van der Waals surface area contributed by atoms with Gasteiger partial charge in [-0.3, -0.25) is 9.69 Å². The molecule has 47 heavy (non-hydrogen) atoms. The van der Waals surface area contributed by atoms with Crippen LogP contribution in [0.15, 0.2) is 73.1 Å². The molecule has 0 unspecified atom stereocenters. The number of nitrogens with one attached hydrogen (secondary N) is 1. The predicted octanol–water partition coefficient (Wildman–Crippen LogP) is 5.50. The summed E-state index contributed by atoms with van der Waals surface area (Å²) in [6, 6.07) is 21.6. The van der Waals surface area contributed by atoms with Crippen LogP contribution in [0.25, 0.3) is 22.3 Å². The number of piperazine rings is 1. The standard InChI is InChI=1S/C38H44N6O3/c1-43-16-18-44(19-17-43)34-14-11-28-20-27(10-13-31(28)34)26-8-6-25(7-9-26)24-47-35-5-3-4-33(35)42-38(45)32-21-30(23-41-37(32)39)29-12-15-36(46-2)40-22-29/h6-10,12-13,15,20-23,33-35H,3-5,11,14,16-19,24H2,1-2H3,(H2,39,41)(H,42,45)/t33-,34-,35-/m0/s1. The summed E-state index contributed by atoms with van der Waals surface area (Å²) in [4.78, 5) is 27.0. The van der Waals surface area contributed by atoms with E-state index in [2.05, 4.69) is 74.6 Å². The van der Waals surface area contributed by atoms with Gasteiger partial charge in [0.1, 0.15) is 5.82 Å². The maximum atomic E-state index is 13.4. The Balaban J connectivity index is 0.952. The number of nitrogen functional groups attached to an aromatic ring is 1. The van der Waals surface area contributed by atoms with Gasteiger partial charge in [-0.25, -0.2) is 9.97 Å². The van der Waals surface area contributed by atoms with E-state index in [1.807, 2.05) is 6.07 Å². The molecule has 0 bridgehead atoms. The van der Waals surface area contributed by atoms with Crippen LogP contribution >= 0.6 is 0 Å². The van der Waals surface area contributed by atoms with E-state index < -0.39 is 0 Å². The molecule has 3 N–H and O–H groups in total. The molecule has 3 heterocycles. The summed E-state index contributed by atoms with van der Waals surface area (Å²) in [5.41, 5.74) is 14.7. The molecule has 3 atom stereocenters. The Labute approximate surface area is 277 Å². The monoisotopic (exact) mass is 632 g/mol. The fourth-order valence-electron chi connectivity index (χ4n) is 7.31. The molecular formula is C38H44N6O3. The number of rotatable bonds is 9. The Bertz CT molecular complexity index is 1700. The average molecular weight is 633 g/mol. The van der Waals surface area contributed by atoms with E-state index in [1.54, 1.807) is 31.6 Å². The molecule has 0 spiro atoms. The number of fused-ring (bicyclic) bond motifs is 1. The highest BCUT2D eigenvalue weighted by Crippen LogP contribution is 2.38. The third kappa shape index (κ3) is 6.88. The quantitative estimate of drug-likeness (QED) is 0.249. The van der Waals surface area contributed by atoms with Gasteiger partial charge in [0.2, 0.25) is 5.88 Å². The fourth-order valence-corrected chi connectivity index (χ4v) is 7.31. The second-order valence-electron chi connectivity index (χ2n) is 13.1. The number of nitrogens with zero attached hydrogens (tertiary/aromatic N) is 4. The lowest BCUT2D eigenvalue weighted by atomic mass is 9.98. The molecule has 2 aromatic carbocycles. The third-order valence-electron chi connectivity index (χ3n) is 10.1. The number of ether oxygens (including phenoxy) is 2. The molecule has 9 nitrogen and oxygen atoms in total. The number of anilines is 1. The van der Waals surface area contributed by atoms with Crippen LogP contribution in [0.1, 0.15) is 58.8 Å². The lowest BCUT2D eigenvalue weighted by Crippen LogP contribution is -2.45. The highest BCUT2D eigenvalue weighted by atomic mass is 16.5. The molecule has 4 aromatic rings. The number of pyridine rings is 2. The molecule has 3 aliphatic rings. The average Bonchev–Trinajstić information content (AvgIpc) is 3.74. The first-order chi connectivity index (χ1) is 22.9. The summed E-state index contributed by atoms with van der Waals surface area (Å²) in [7, 11) is 3.79. The zero-order valence-corrected chi connectivity index (χ0v) is 27.3. The molecule has 2 aliphatic carbocycles. The number of benzene rings is 2. The number of aromatic nitrogens is 2. The smallest absolute Gasteiger partial charge is 0.255 e. The number of carbonyl (C=O) groups is 1. The Morgan fingerprint density at radius 2 is 1.66 bits per heavy atom. The van der Waals surface area contributed by atoms with Gasteiger partial charge in [0.05, 0.1) is 31.4 Å². The van der Waals surface area contributed by atoms with E-state index in [0.29, 0.717) is 24.1 Å². The second kappa shape index (κ2) is 13.8. The molecule has 244 valence electrons. The van der Waals surface area contributed by atoms with Crippen LogP contribution in [0.3, 0.4) is 0 Å². The number of aryl methyl sites for hydroxylation is 1. The van der Waals surface area contributed by atoms with Crippen molar-refractivity contribution in [3.63, 3.8) is 0 Å². The first kappa shape index (κ1) is 31.3. The molecule has 1 saturated heterocycles. The molecule has 1 aliphatic heterocycles. The zero-order valence-electron chi connectivity index (χ0n) is 27.3. The number of amides is 1. The SMILES string of the molecule is COc1ccc(-c2cnc(N)c(C(=O)N[C@H]3CCC[C@@H]3OCc3ccc(-c4ccc5c(c4)CC[C@@H]5N4CCN(C)CC4)cc3)c2)cn1. The molecule has 9 heteroatoms. The molecule has 7 rings (SSSR count). The molecule has 2 aromatic heterocycles. The first-order valence-electron chi connectivity index (χ1n) is 16.8. The van der Waals surface area contributed by atoms with Crippen molar-refractivity contribution in [1.29, 1.82) is 0 Å². The first-order valence-corrected chi connectivity index (χ1v) is 16.8. The Kier molecular flexibility index (Phi) is 9.20. The van der Waals surface area contributed by atoms with Crippen molar-refractivity contribution < 1.29 is 14.3 Å². The van der Waals surface area contributed by atoms with E-state index >= 15 is 0 Å². The molecule has 0 radical (unpaired) electrons.